The Labute approximate surface area is 167 Å². The van der Waals surface area contributed by atoms with Gasteiger partial charge in [0.2, 0.25) is 5.79 Å². The summed E-state index contributed by atoms with van der Waals surface area (Å²) in [5.74, 6) is -1.29. The van der Waals surface area contributed by atoms with Crippen LogP contribution in [-0.2, 0) is 25.8 Å². The number of phenols is 1. The van der Waals surface area contributed by atoms with Crippen LogP contribution in [-0.4, -0.2) is 31.2 Å². The van der Waals surface area contributed by atoms with Gasteiger partial charge in [0.25, 0.3) is 5.79 Å². The van der Waals surface area contributed by atoms with Gasteiger partial charge in [-0.3, -0.25) is 9.53 Å². The zero-order chi connectivity index (χ0) is 20.0. The van der Waals surface area contributed by atoms with Gasteiger partial charge < -0.3 is 24.1 Å². The number of Topliss-reactive ketones (excluding diaryl/α,β-unsaturated/α-hetero) is 1. The highest BCUT2D eigenvalue weighted by Gasteiger charge is 2.66. The van der Waals surface area contributed by atoms with Gasteiger partial charge >= 0.3 is 0 Å². The number of carbonyl (C=O) groups is 1. The summed E-state index contributed by atoms with van der Waals surface area (Å²) < 4.78 is 30.9. The number of ether oxygens (including phenoxy) is 5. The van der Waals surface area contributed by atoms with Crippen molar-refractivity contribution in [2.75, 3.05) is 14.2 Å². The highest BCUT2D eigenvalue weighted by Crippen LogP contribution is 2.63. The van der Waals surface area contributed by atoms with Crippen molar-refractivity contribution in [3.05, 3.63) is 52.6 Å². The lowest BCUT2D eigenvalue weighted by molar-refractivity contribution is -0.390. The minimum Gasteiger partial charge on any atom is -0.508 e. The lowest BCUT2D eigenvalue weighted by Gasteiger charge is -2.57. The molecule has 2 heterocycles. The highest BCUT2D eigenvalue weighted by atomic mass is 16.8. The maximum Gasteiger partial charge on any atom is 0.271 e. The number of ketones is 1. The second-order valence-electron chi connectivity index (χ2n) is 7.89. The van der Waals surface area contributed by atoms with E-state index in [4.69, 9.17) is 23.7 Å². The number of rotatable bonds is 2. The van der Waals surface area contributed by atoms with E-state index in [1.54, 1.807) is 38.5 Å². The molecule has 150 valence electrons. The molecule has 2 aromatic carbocycles. The molecule has 2 aliphatic carbocycles. The number of benzene rings is 2. The molecular weight excluding hydrogens is 376 g/mol. The van der Waals surface area contributed by atoms with Crippen LogP contribution in [0.15, 0.2) is 30.3 Å². The Morgan fingerprint density at radius 1 is 1.07 bits per heavy atom. The summed E-state index contributed by atoms with van der Waals surface area (Å²) in [4.78, 5) is 12.7. The lowest BCUT2D eigenvalue weighted by Crippen LogP contribution is -2.63. The van der Waals surface area contributed by atoms with Crippen LogP contribution < -0.4 is 9.47 Å². The molecule has 1 N–H and O–H groups in total. The molecule has 29 heavy (non-hydrogen) atoms. The maximum atomic E-state index is 12.7. The van der Waals surface area contributed by atoms with Gasteiger partial charge in [-0.2, -0.15) is 0 Å². The average Bonchev–Trinajstić information content (AvgIpc) is 2.72. The number of phenolic OH excluding ortho intramolecular Hbond substituents is 1. The van der Waals surface area contributed by atoms with E-state index in [2.05, 4.69) is 0 Å². The van der Waals surface area contributed by atoms with Crippen LogP contribution >= 0.6 is 0 Å². The van der Waals surface area contributed by atoms with Crippen molar-refractivity contribution in [1.29, 1.82) is 0 Å². The van der Waals surface area contributed by atoms with Crippen molar-refractivity contribution in [2.45, 2.75) is 43.0 Å². The van der Waals surface area contributed by atoms with Crippen molar-refractivity contribution < 1.29 is 33.6 Å². The Bertz CT molecular complexity index is 1060. The quantitative estimate of drug-likeness (QED) is 0.834. The Hall–Kier alpha value is -2.61. The van der Waals surface area contributed by atoms with Crippen LogP contribution in [0.2, 0.25) is 0 Å². The largest absolute Gasteiger partial charge is 0.508 e. The summed E-state index contributed by atoms with van der Waals surface area (Å²) in [5, 5.41) is 10.6. The van der Waals surface area contributed by atoms with Crippen LogP contribution in [0.25, 0.3) is 0 Å². The summed E-state index contributed by atoms with van der Waals surface area (Å²) in [5.41, 5.74) is 2.36. The van der Waals surface area contributed by atoms with Crippen LogP contribution in [0.4, 0.5) is 0 Å². The second kappa shape index (κ2) is 5.50. The molecule has 0 amide bonds. The van der Waals surface area contributed by atoms with Gasteiger partial charge in [-0.05, 0) is 24.6 Å². The third kappa shape index (κ3) is 1.95. The topological polar surface area (TPSA) is 83.5 Å². The molecule has 4 aliphatic rings. The number of aromatic hydroxyl groups is 1. The van der Waals surface area contributed by atoms with Crippen molar-refractivity contribution in [3.63, 3.8) is 0 Å². The van der Waals surface area contributed by atoms with Crippen LogP contribution in [0.1, 0.15) is 52.4 Å². The Balaban J connectivity index is 1.68. The zero-order valence-corrected chi connectivity index (χ0v) is 16.1. The van der Waals surface area contributed by atoms with Crippen molar-refractivity contribution in [3.8, 4) is 17.2 Å². The normalized spacial score (nSPS) is 33.2. The lowest BCUT2D eigenvalue weighted by atomic mass is 9.76. The summed E-state index contributed by atoms with van der Waals surface area (Å²) in [6.45, 7) is 0. The second-order valence-corrected chi connectivity index (χ2v) is 7.89. The fourth-order valence-corrected chi connectivity index (χ4v) is 5.30. The van der Waals surface area contributed by atoms with Gasteiger partial charge in [0.05, 0.1) is 17.2 Å². The smallest absolute Gasteiger partial charge is 0.271 e. The van der Waals surface area contributed by atoms with Gasteiger partial charge in [0.1, 0.15) is 23.4 Å². The summed E-state index contributed by atoms with van der Waals surface area (Å²) in [6.07, 6.45) is 0.328. The number of methoxy groups -OCH3 is 2. The minimum atomic E-state index is -1.30. The van der Waals surface area contributed by atoms with Gasteiger partial charge in [0.15, 0.2) is 5.78 Å². The van der Waals surface area contributed by atoms with Crippen LogP contribution in [0, 0.1) is 0 Å². The number of hydrogen-bond donors (Lipinski definition) is 1. The molecule has 0 radical (unpaired) electrons. The zero-order valence-electron chi connectivity index (χ0n) is 16.1. The third-order valence-corrected chi connectivity index (χ3v) is 6.51. The first-order valence-corrected chi connectivity index (χ1v) is 9.70. The monoisotopic (exact) mass is 396 g/mol. The molecule has 6 rings (SSSR count). The molecular formula is C22H20O7. The van der Waals surface area contributed by atoms with E-state index in [0.717, 1.165) is 0 Å². The first-order valence-electron chi connectivity index (χ1n) is 9.70. The van der Waals surface area contributed by atoms with E-state index < -0.39 is 17.7 Å². The van der Waals surface area contributed by atoms with E-state index in [1.165, 1.54) is 0 Å². The van der Waals surface area contributed by atoms with Gasteiger partial charge in [-0.15, -0.1) is 0 Å². The van der Waals surface area contributed by atoms with E-state index in [-0.39, 0.29) is 24.1 Å². The number of hydrogen-bond acceptors (Lipinski definition) is 7. The summed E-state index contributed by atoms with van der Waals surface area (Å²) in [7, 11) is 3.17. The molecule has 7 heteroatoms. The van der Waals surface area contributed by atoms with Crippen molar-refractivity contribution in [2.24, 2.45) is 0 Å². The minimum absolute atomic E-state index is 0.0358. The average molecular weight is 396 g/mol. The molecule has 4 atom stereocenters. The Morgan fingerprint density at radius 3 is 2.69 bits per heavy atom. The fraction of sp³-hybridized carbons (Fsp3) is 0.409. The first-order chi connectivity index (χ1) is 14.0. The van der Waals surface area contributed by atoms with E-state index in [9.17, 15) is 9.90 Å². The Morgan fingerprint density at radius 2 is 1.90 bits per heavy atom. The molecule has 2 aromatic rings. The van der Waals surface area contributed by atoms with Crippen LogP contribution in [0.5, 0.6) is 17.2 Å². The number of carbonyl (C=O) groups excluding carboxylic acids is 1. The molecule has 2 aliphatic heterocycles. The highest BCUT2D eigenvalue weighted by molar-refractivity contribution is 6.00. The van der Waals surface area contributed by atoms with Crippen molar-refractivity contribution >= 4 is 5.78 Å². The third-order valence-electron chi connectivity index (χ3n) is 6.51. The van der Waals surface area contributed by atoms with Gasteiger partial charge in [0, 0.05) is 38.2 Å². The molecule has 0 saturated heterocycles. The molecule has 0 saturated carbocycles. The maximum absolute atomic E-state index is 12.7. The molecule has 7 nitrogen and oxygen atoms in total. The van der Waals surface area contributed by atoms with Gasteiger partial charge in [-0.25, -0.2) is 0 Å². The van der Waals surface area contributed by atoms with E-state index in [0.29, 0.717) is 46.6 Å². The van der Waals surface area contributed by atoms with Crippen molar-refractivity contribution in [1.82, 2.24) is 0 Å². The fourth-order valence-electron chi connectivity index (χ4n) is 5.30. The van der Waals surface area contributed by atoms with E-state index >= 15 is 0 Å². The van der Waals surface area contributed by atoms with Gasteiger partial charge in [-0.1, -0.05) is 12.1 Å². The summed E-state index contributed by atoms with van der Waals surface area (Å²) in [6, 6.07) is 8.70. The van der Waals surface area contributed by atoms with E-state index in [1.807, 2.05) is 6.07 Å². The first kappa shape index (κ1) is 17.3. The molecule has 2 spiro atoms. The SMILES string of the molecule is CO[C@H]1CC[C@]23Oc4cccc5c4[C@](Oc4ccc(O)c1c42)(O3)[C@H](OC)CC5=O. The standard InChI is InChI=1S/C22H20O7/c1-25-14-8-9-21-20-16(7-6-12(23)18(14)20)28-22(29-21)17(26-2)10-13(24)11-4-3-5-15(27-21)19(11)22/h3-7,14,17,23H,8-10H2,1-2H3/t14-,17+,21+,22+/m0/s1. The predicted molar refractivity (Wildman–Crippen MR) is 99.0 cm³/mol. The molecule has 2 bridgehead atoms. The molecule has 0 unspecified atom stereocenters. The van der Waals surface area contributed by atoms with Crippen LogP contribution in [0.3, 0.4) is 0 Å². The Kier molecular flexibility index (Phi) is 3.28. The summed E-state index contributed by atoms with van der Waals surface area (Å²) >= 11 is 0. The predicted octanol–water partition coefficient (Wildman–Crippen LogP) is 3.28. The molecule has 0 fully saturated rings. The molecule has 0 aromatic heterocycles.